The maximum absolute atomic E-state index is 11.2. The summed E-state index contributed by atoms with van der Waals surface area (Å²) >= 11 is 3.35. The summed E-state index contributed by atoms with van der Waals surface area (Å²) in [5.41, 5.74) is 0.997. The van der Waals surface area contributed by atoms with Gasteiger partial charge in [-0.3, -0.25) is 4.79 Å². The number of para-hydroxylation sites is 1. The van der Waals surface area contributed by atoms with E-state index in [2.05, 4.69) is 15.9 Å². The Morgan fingerprint density at radius 1 is 1.43 bits per heavy atom. The molecule has 0 unspecified atom stereocenters. The molecule has 0 bridgehead atoms. The molecule has 0 saturated heterocycles. The highest BCUT2D eigenvalue weighted by atomic mass is 79.9. The quantitative estimate of drug-likeness (QED) is 0.470. The average Bonchev–Trinajstić information content (AvgIpc) is 2.19. The van der Waals surface area contributed by atoms with Gasteiger partial charge in [-0.2, -0.15) is 0 Å². The van der Waals surface area contributed by atoms with Crippen LogP contribution in [0.15, 0.2) is 24.3 Å². The zero-order chi connectivity index (χ0) is 10.4. The van der Waals surface area contributed by atoms with E-state index in [1.807, 2.05) is 31.2 Å². The fourth-order valence-electron chi connectivity index (χ4n) is 1.09. The molecule has 0 heterocycles. The molecule has 0 saturated carbocycles. The highest BCUT2D eigenvalue weighted by Gasteiger charge is 2.06. The lowest BCUT2D eigenvalue weighted by Gasteiger charge is -2.06. The highest BCUT2D eigenvalue weighted by molar-refractivity contribution is 9.08. The molecule has 1 rings (SSSR count). The Morgan fingerprint density at radius 2 is 2.14 bits per heavy atom. The van der Waals surface area contributed by atoms with E-state index in [1.165, 1.54) is 0 Å². The van der Waals surface area contributed by atoms with Crippen LogP contribution in [0.25, 0.3) is 0 Å². The zero-order valence-corrected chi connectivity index (χ0v) is 9.71. The van der Waals surface area contributed by atoms with Gasteiger partial charge in [0.25, 0.3) is 0 Å². The number of carbonyl (C=O) groups is 1. The van der Waals surface area contributed by atoms with Gasteiger partial charge in [-0.15, -0.1) is 0 Å². The summed E-state index contributed by atoms with van der Waals surface area (Å²) in [5, 5.41) is 0.697. The Bertz CT molecular complexity index is 310. The lowest BCUT2D eigenvalue weighted by molar-refractivity contribution is -0.134. The third-order valence-corrected chi connectivity index (χ3v) is 2.40. The monoisotopic (exact) mass is 256 g/mol. The molecule has 0 N–H and O–H groups in total. The molecule has 1 aromatic carbocycles. The van der Waals surface area contributed by atoms with E-state index in [4.69, 9.17) is 4.74 Å². The largest absolute Gasteiger partial charge is 0.426 e. The van der Waals surface area contributed by atoms with E-state index in [0.717, 1.165) is 12.0 Å². The van der Waals surface area contributed by atoms with Crippen molar-refractivity contribution in [1.29, 1.82) is 0 Å². The second kappa shape index (κ2) is 5.81. The van der Waals surface area contributed by atoms with Gasteiger partial charge in [-0.05, 0) is 12.5 Å². The van der Waals surface area contributed by atoms with Crippen LogP contribution in [-0.2, 0) is 10.1 Å². The Labute approximate surface area is 92.4 Å². The SMILES string of the molecule is CCCC(=O)Oc1ccccc1CBr. The molecule has 0 aromatic heterocycles. The van der Waals surface area contributed by atoms with Gasteiger partial charge in [0.1, 0.15) is 5.75 Å². The summed E-state index contributed by atoms with van der Waals surface area (Å²) in [7, 11) is 0. The molecular weight excluding hydrogens is 244 g/mol. The van der Waals surface area contributed by atoms with E-state index in [-0.39, 0.29) is 5.97 Å². The highest BCUT2D eigenvalue weighted by Crippen LogP contribution is 2.20. The second-order valence-electron chi connectivity index (χ2n) is 2.97. The summed E-state index contributed by atoms with van der Waals surface area (Å²) in [6, 6.07) is 7.53. The van der Waals surface area contributed by atoms with Gasteiger partial charge in [0.15, 0.2) is 0 Å². The van der Waals surface area contributed by atoms with Crippen molar-refractivity contribution in [2.75, 3.05) is 0 Å². The van der Waals surface area contributed by atoms with Gasteiger partial charge in [0.2, 0.25) is 0 Å². The van der Waals surface area contributed by atoms with Crippen LogP contribution in [0.1, 0.15) is 25.3 Å². The average molecular weight is 257 g/mol. The smallest absolute Gasteiger partial charge is 0.311 e. The minimum Gasteiger partial charge on any atom is -0.426 e. The first-order valence-corrected chi connectivity index (χ1v) is 5.74. The summed E-state index contributed by atoms with van der Waals surface area (Å²) < 4.78 is 5.21. The molecule has 0 aliphatic carbocycles. The molecule has 0 aliphatic rings. The number of rotatable bonds is 4. The van der Waals surface area contributed by atoms with Crippen LogP contribution in [0.3, 0.4) is 0 Å². The van der Waals surface area contributed by atoms with Crippen molar-refractivity contribution in [3.63, 3.8) is 0 Å². The van der Waals surface area contributed by atoms with E-state index >= 15 is 0 Å². The van der Waals surface area contributed by atoms with Crippen LogP contribution in [-0.4, -0.2) is 5.97 Å². The van der Waals surface area contributed by atoms with E-state index < -0.39 is 0 Å². The van der Waals surface area contributed by atoms with Gasteiger partial charge in [-0.25, -0.2) is 0 Å². The van der Waals surface area contributed by atoms with Crippen LogP contribution < -0.4 is 4.74 Å². The first-order valence-electron chi connectivity index (χ1n) is 4.62. The molecule has 0 amide bonds. The Hall–Kier alpha value is -0.830. The molecule has 1 aromatic rings. The number of carbonyl (C=O) groups excluding carboxylic acids is 1. The van der Waals surface area contributed by atoms with E-state index in [1.54, 1.807) is 0 Å². The van der Waals surface area contributed by atoms with E-state index in [9.17, 15) is 4.79 Å². The normalized spacial score (nSPS) is 9.86. The molecule has 0 fully saturated rings. The van der Waals surface area contributed by atoms with Gasteiger partial charge >= 0.3 is 5.97 Å². The number of benzene rings is 1. The number of hydrogen-bond donors (Lipinski definition) is 0. The predicted octanol–water partition coefficient (Wildman–Crippen LogP) is 3.29. The fourth-order valence-corrected chi connectivity index (χ4v) is 1.55. The third-order valence-electron chi connectivity index (χ3n) is 1.79. The van der Waals surface area contributed by atoms with Gasteiger partial charge in [0, 0.05) is 17.3 Å². The van der Waals surface area contributed by atoms with Crippen LogP contribution >= 0.6 is 15.9 Å². The fraction of sp³-hybridized carbons (Fsp3) is 0.364. The first kappa shape index (κ1) is 11.2. The zero-order valence-electron chi connectivity index (χ0n) is 8.13. The molecule has 2 nitrogen and oxygen atoms in total. The van der Waals surface area contributed by atoms with Crippen molar-refractivity contribution in [1.82, 2.24) is 0 Å². The van der Waals surface area contributed by atoms with Crippen LogP contribution in [0.2, 0.25) is 0 Å². The Morgan fingerprint density at radius 3 is 2.79 bits per heavy atom. The number of alkyl halides is 1. The molecule has 0 radical (unpaired) electrons. The summed E-state index contributed by atoms with van der Waals surface area (Å²) in [6.07, 6.45) is 1.28. The molecule has 0 aliphatic heterocycles. The summed E-state index contributed by atoms with van der Waals surface area (Å²) in [6.45, 7) is 1.96. The molecule has 14 heavy (non-hydrogen) atoms. The summed E-state index contributed by atoms with van der Waals surface area (Å²) in [4.78, 5) is 11.2. The Balaban J connectivity index is 2.70. The topological polar surface area (TPSA) is 26.3 Å². The van der Waals surface area contributed by atoms with E-state index in [0.29, 0.717) is 17.5 Å². The van der Waals surface area contributed by atoms with Crippen LogP contribution in [0.5, 0.6) is 5.75 Å². The first-order chi connectivity index (χ1) is 6.77. The van der Waals surface area contributed by atoms with Gasteiger partial charge in [-0.1, -0.05) is 41.1 Å². The number of hydrogen-bond acceptors (Lipinski definition) is 2. The molecule has 0 spiro atoms. The van der Waals surface area contributed by atoms with Crippen LogP contribution in [0, 0.1) is 0 Å². The lowest BCUT2D eigenvalue weighted by Crippen LogP contribution is -2.08. The Kier molecular flexibility index (Phi) is 4.66. The lowest BCUT2D eigenvalue weighted by atomic mass is 10.2. The van der Waals surface area contributed by atoms with Crippen LogP contribution in [0.4, 0.5) is 0 Å². The van der Waals surface area contributed by atoms with Crippen molar-refractivity contribution < 1.29 is 9.53 Å². The van der Waals surface area contributed by atoms with Gasteiger partial charge < -0.3 is 4.74 Å². The molecular formula is C11H13BrO2. The third kappa shape index (κ3) is 3.14. The van der Waals surface area contributed by atoms with Crippen molar-refractivity contribution in [2.24, 2.45) is 0 Å². The minimum atomic E-state index is -0.166. The number of halogens is 1. The maximum atomic E-state index is 11.2. The second-order valence-corrected chi connectivity index (χ2v) is 3.53. The van der Waals surface area contributed by atoms with Crippen molar-refractivity contribution in [3.05, 3.63) is 29.8 Å². The number of ether oxygens (including phenoxy) is 1. The number of esters is 1. The summed E-state index contributed by atoms with van der Waals surface area (Å²) in [5.74, 6) is 0.490. The molecule has 0 atom stereocenters. The van der Waals surface area contributed by atoms with Crippen molar-refractivity contribution in [3.8, 4) is 5.75 Å². The standard InChI is InChI=1S/C11H13BrO2/c1-2-5-11(13)14-10-7-4-3-6-9(10)8-12/h3-4,6-7H,2,5,8H2,1H3. The van der Waals surface area contributed by atoms with Crippen molar-refractivity contribution in [2.45, 2.75) is 25.1 Å². The minimum absolute atomic E-state index is 0.166. The van der Waals surface area contributed by atoms with Gasteiger partial charge in [0.05, 0.1) is 0 Å². The van der Waals surface area contributed by atoms with Crippen molar-refractivity contribution >= 4 is 21.9 Å². The maximum Gasteiger partial charge on any atom is 0.311 e. The predicted molar refractivity (Wildman–Crippen MR) is 59.6 cm³/mol. The molecule has 3 heteroatoms. The molecule has 76 valence electrons.